The number of hydrogen-bond donors (Lipinski definition) is 0. The zero-order chi connectivity index (χ0) is 14.4. The average Bonchev–Trinajstić information content (AvgIpc) is 3.04. The van der Waals surface area contributed by atoms with Gasteiger partial charge in [-0.1, -0.05) is 23.2 Å². The van der Waals surface area contributed by atoms with Gasteiger partial charge in [-0.2, -0.15) is 0 Å². The third-order valence-electron chi connectivity index (χ3n) is 4.46. The Kier molecular flexibility index (Phi) is 3.58. The van der Waals surface area contributed by atoms with Gasteiger partial charge in [-0.15, -0.1) is 0 Å². The predicted octanol–water partition coefficient (Wildman–Crippen LogP) is 3.51. The van der Waals surface area contributed by atoms with Crippen molar-refractivity contribution in [1.82, 2.24) is 14.5 Å². The van der Waals surface area contributed by atoms with Crippen molar-refractivity contribution in [3.05, 3.63) is 28.0 Å². The Balaban J connectivity index is 1.79. The lowest BCUT2D eigenvalue weighted by molar-refractivity contribution is -0.0216. The van der Waals surface area contributed by atoms with Gasteiger partial charge in [-0.25, -0.2) is 4.98 Å². The molecule has 112 valence electrons. The molecule has 0 atom stereocenters. The summed E-state index contributed by atoms with van der Waals surface area (Å²) in [6.07, 6.45) is 4.60. The standard InChI is InChI=1S/C15H17Cl2N3O/c16-13-12(7-19-4-1-2-5-19)11-3-6-20(10-8-21-9-10)15(11)18-14(13)17/h3,6,10H,1-2,4-5,7-9H2. The summed E-state index contributed by atoms with van der Waals surface area (Å²) in [5, 5.41) is 2.11. The minimum absolute atomic E-state index is 0.367. The summed E-state index contributed by atoms with van der Waals surface area (Å²) >= 11 is 12.7. The van der Waals surface area contributed by atoms with Gasteiger partial charge in [-0.05, 0) is 37.6 Å². The first-order valence-electron chi connectivity index (χ1n) is 7.38. The fourth-order valence-corrected chi connectivity index (χ4v) is 3.57. The van der Waals surface area contributed by atoms with Crippen LogP contribution < -0.4 is 0 Å². The quantitative estimate of drug-likeness (QED) is 0.809. The number of ether oxygens (including phenoxy) is 1. The largest absolute Gasteiger partial charge is 0.377 e. The first-order chi connectivity index (χ1) is 10.2. The summed E-state index contributed by atoms with van der Waals surface area (Å²) in [4.78, 5) is 6.93. The highest BCUT2D eigenvalue weighted by Crippen LogP contribution is 2.34. The number of pyridine rings is 1. The molecule has 2 saturated heterocycles. The van der Waals surface area contributed by atoms with Crippen LogP contribution in [0.1, 0.15) is 24.4 Å². The molecule has 21 heavy (non-hydrogen) atoms. The summed E-state index contributed by atoms with van der Waals surface area (Å²) in [7, 11) is 0. The van der Waals surface area contributed by atoms with Gasteiger partial charge in [0.15, 0.2) is 0 Å². The van der Waals surface area contributed by atoms with Crippen LogP contribution in [0.5, 0.6) is 0 Å². The molecule has 0 amide bonds. The lowest BCUT2D eigenvalue weighted by atomic mass is 10.1. The van der Waals surface area contributed by atoms with Crippen molar-refractivity contribution in [1.29, 1.82) is 0 Å². The molecule has 0 saturated carbocycles. The molecule has 4 rings (SSSR count). The zero-order valence-corrected chi connectivity index (χ0v) is 13.2. The van der Waals surface area contributed by atoms with E-state index in [9.17, 15) is 0 Å². The highest BCUT2D eigenvalue weighted by Gasteiger charge is 2.25. The van der Waals surface area contributed by atoms with Crippen LogP contribution in [0.25, 0.3) is 11.0 Å². The van der Waals surface area contributed by atoms with Crippen molar-refractivity contribution in [3.63, 3.8) is 0 Å². The fourth-order valence-electron chi connectivity index (χ4n) is 3.17. The molecule has 0 bridgehead atoms. The molecule has 0 aromatic carbocycles. The van der Waals surface area contributed by atoms with Crippen molar-refractivity contribution >= 4 is 34.2 Å². The van der Waals surface area contributed by atoms with E-state index < -0.39 is 0 Å². The second-order valence-corrected chi connectivity index (χ2v) is 6.57. The molecule has 0 N–H and O–H groups in total. The van der Waals surface area contributed by atoms with Crippen LogP contribution in [0, 0.1) is 0 Å². The van der Waals surface area contributed by atoms with E-state index >= 15 is 0 Å². The topological polar surface area (TPSA) is 30.3 Å². The van der Waals surface area contributed by atoms with Crippen LogP contribution in [0.3, 0.4) is 0 Å². The van der Waals surface area contributed by atoms with Gasteiger partial charge in [0.2, 0.25) is 0 Å². The predicted molar refractivity (Wildman–Crippen MR) is 84.1 cm³/mol. The Morgan fingerprint density at radius 2 is 2.00 bits per heavy atom. The van der Waals surface area contributed by atoms with Crippen LogP contribution >= 0.6 is 23.2 Å². The van der Waals surface area contributed by atoms with Crippen LogP contribution in [-0.4, -0.2) is 40.8 Å². The Hall–Kier alpha value is -0.810. The van der Waals surface area contributed by atoms with Crippen molar-refractivity contribution in [2.45, 2.75) is 25.4 Å². The maximum absolute atomic E-state index is 6.43. The Labute approximate surface area is 133 Å². The highest BCUT2D eigenvalue weighted by atomic mass is 35.5. The van der Waals surface area contributed by atoms with Crippen molar-refractivity contribution in [2.24, 2.45) is 0 Å². The van der Waals surface area contributed by atoms with Gasteiger partial charge in [0.05, 0.1) is 24.3 Å². The molecular weight excluding hydrogens is 309 g/mol. The van der Waals surface area contributed by atoms with Gasteiger partial charge in [0.1, 0.15) is 10.8 Å². The minimum Gasteiger partial charge on any atom is -0.377 e. The Bertz CT molecular complexity index is 675. The summed E-state index contributed by atoms with van der Waals surface area (Å²) < 4.78 is 7.44. The maximum Gasteiger partial charge on any atom is 0.150 e. The lowest BCUT2D eigenvalue weighted by Gasteiger charge is -2.28. The van der Waals surface area contributed by atoms with Gasteiger partial charge in [-0.3, -0.25) is 4.90 Å². The van der Waals surface area contributed by atoms with Crippen LogP contribution in [0.15, 0.2) is 12.3 Å². The molecule has 2 aliphatic heterocycles. The summed E-state index contributed by atoms with van der Waals surface area (Å²) in [6, 6.07) is 2.47. The maximum atomic E-state index is 6.43. The molecule has 0 aliphatic carbocycles. The summed E-state index contributed by atoms with van der Waals surface area (Å²) in [5.41, 5.74) is 2.03. The number of hydrogen-bond acceptors (Lipinski definition) is 3. The van der Waals surface area contributed by atoms with Gasteiger partial charge >= 0.3 is 0 Å². The van der Waals surface area contributed by atoms with Crippen molar-refractivity contribution < 1.29 is 4.74 Å². The van der Waals surface area contributed by atoms with E-state index in [0.717, 1.165) is 49.4 Å². The molecule has 2 aromatic rings. The van der Waals surface area contributed by atoms with Crippen LogP contribution in [-0.2, 0) is 11.3 Å². The van der Waals surface area contributed by atoms with E-state index in [1.165, 1.54) is 12.8 Å². The summed E-state index contributed by atoms with van der Waals surface area (Å²) in [6.45, 7) is 4.60. The number of aromatic nitrogens is 2. The van der Waals surface area contributed by atoms with Crippen LogP contribution in [0.4, 0.5) is 0 Å². The number of likely N-dealkylation sites (tertiary alicyclic amines) is 1. The van der Waals surface area contributed by atoms with E-state index in [1.54, 1.807) is 0 Å². The smallest absolute Gasteiger partial charge is 0.150 e. The zero-order valence-electron chi connectivity index (χ0n) is 11.7. The van der Waals surface area contributed by atoms with E-state index in [0.29, 0.717) is 16.2 Å². The number of rotatable bonds is 3. The lowest BCUT2D eigenvalue weighted by Crippen LogP contribution is -2.30. The van der Waals surface area contributed by atoms with Gasteiger partial charge in [0.25, 0.3) is 0 Å². The molecule has 6 heteroatoms. The summed E-state index contributed by atoms with van der Waals surface area (Å²) in [5.74, 6) is 0. The molecule has 2 aliphatic rings. The Morgan fingerprint density at radius 1 is 1.24 bits per heavy atom. The molecule has 2 fully saturated rings. The average molecular weight is 326 g/mol. The van der Waals surface area contributed by atoms with Gasteiger partial charge < -0.3 is 9.30 Å². The second kappa shape index (κ2) is 5.43. The van der Waals surface area contributed by atoms with Crippen molar-refractivity contribution in [3.8, 4) is 0 Å². The first-order valence-corrected chi connectivity index (χ1v) is 8.14. The third kappa shape index (κ3) is 2.34. The fraction of sp³-hybridized carbons (Fsp3) is 0.533. The van der Waals surface area contributed by atoms with Gasteiger partial charge in [0, 0.05) is 18.1 Å². The Morgan fingerprint density at radius 3 is 2.67 bits per heavy atom. The molecule has 4 heterocycles. The third-order valence-corrected chi connectivity index (χ3v) is 5.23. The molecule has 0 radical (unpaired) electrons. The van der Waals surface area contributed by atoms with E-state index in [1.807, 2.05) is 0 Å². The minimum atomic E-state index is 0.367. The normalized spacial score (nSPS) is 20.3. The van der Waals surface area contributed by atoms with E-state index in [2.05, 4.69) is 26.7 Å². The molecule has 0 unspecified atom stereocenters. The molecule has 4 nitrogen and oxygen atoms in total. The first kappa shape index (κ1) is 13.8. The SMILES string of the molecule is Clc1nc2c(ccn2C2COC2)c(CN2CCCC2)c1Cl. The van der Waals surface area contributed by atoms with E-state index in [4.69, 9.17) is 27.9 Å². The monoisotopic (exact) mass is 325 g/mol. The number of nitrogens with zero attached hydrogens (tertiary/aromatic N) is 3. The number of fused-ring (bicyclic) bond motifs is 1. The van der Waals surface area contributed by atoms with E-state index in [-0.39, 0.29) is 0 Å². The molecular formula is C15H17Cl2N3O. The van der Waals surface area contributed by atoms with Crippen LogP contribution in [0.2, 0.25) is 10.2 Å². The van der Waals surface area contributed by atoms with Crippen molar-refractivity contribution in [2.75, 3.05) is 26.3 Å². The number of halogens is 2. The molecule has 0 spiro atoms. The highest BCUT2D eigenvalue weighted by molar-refractivity contribution is 6.42. The molecule has 2 aromatic heterocycles. The second-order valence-electron chi connectivity index (χ2n) is 5.83.